The van der Waals surface area contributed by atoms with E-state index in [-0.39, 0.29) is 0 Å². The smallest absolute Gasteiger partial charge is 0.167 e. The molecule has 1 saturated heterocycles. The summed E-state index contributed by atoms with van der Waals surface area (Å²) in [5.41, 5.74) is 2.91. The van der Waals surface area contributed by atoms with Crippen LogP contribution in [-0.4, -0.2) is 46.2 Å². The van der Waals surface area contributed by atoms with E-state index in [4.69, 9.17) is 4.52 Å². The standard InChI is InChI=1S/C18H17N5OS/c1-2-4-16-13(3-1)15(21-24-16)11-22-6-8-23(9-7-22)18-17-14(5-10-25-17)19-12-20-18/h1-5,10,12H,6-9,11H2. The van der Waals surface area contributed by atoms with E-state index in [1.807, 2.05) is 18.2 Å². The molecule has 0 N–H and O–H groups in total. The van der Waals surface area contributed by atoms with Gasteiger partial charge in [-0.15, -0.1) is 11.3 Å². The molecule has 0 saturated carbocycles. The molecule has 5 rings (SSSR count). The lowest BCUT2D eigenvalue weighted by atomic mass is 10.2. The number of nitrogens with zero attached hydrogens (tertiary/aromatic N) is 5. The van der Waals surface area contributed by atoms with Crippen LogP contribution in [-0.2, 0) is 6.54 Å². The number of fused-ring (bicyclic) bond motifs is 2. The summed E-state index contributed by atoms with van der Waals surface area (Å²) in [5.74, 6) is 1.06. The summed E-state index contributed by atoms with van der Waals surface area (Å²) in [6.07, 6.45) is 1.66. The first-order chi connectivity index (χ1) is 12.4. The zero-order valence-corrected chi connectivity index (χ0v) is 14.4. The Bertz CT molecular complexity index is 1020. The number of para-hydroxylation sites is 1. The van der Waals surface area contributed by atoms with E-state index in [1.165, 1.54) is 4.70 Å². The summed E-state index contributed by atoms with van der Waals surface area (Å²) in [5, 5.41) is 7.44. The van der Waals surface area contributed by atoms with E-state index in [0.29, 0.717) is 0 Å². The highest BCUT2D eigenvalue weighted by molar-refractivity contribution is 7.17. The van der Waals surface area contributed by atoms with E-state index in [1.54, 1.807) is 17.7 Å². The molecule has 0 unspecified atom stereocenters. The van der Waals surface area contributed by atoms with Gasteiger partial charge >= 0.3 is 0 Å². The predicted molar refractivity (Wildman–Crippen MR) is 98.9 cm³/mol. The third-order valence-corrected chi connectivity index (χ3v) is 5.62. The summed E-state index contributed by atoms with van der Waals surface area (Å²) in [4.78, 5) is 13.6. The Labute approximate surface area is 148 Å². The van der Waals surface area contributed by atoms with Crippen LogP contribution < -0.4 is 4.90 Å². The van der Waals surface area contributed by atoms with E-state index in [0.717, 1.165) is 60.7 Å². The summed E-state index contributed by atoms with van der Waals surface area (Å²) >= 11 is 1.71. The van der Waals surface area contributed by atoms with Crippen molar-refractivity contribution < 1.29 is 4.52 Å². The minimum absolute atomic E-state index is 0.822. The molecule has 1 aliphatic heterocycles. The number of piperazine rings is 1. The molecule has 0 spiro atoms. The molecule has 4 aromatic rings. The Morgan fingerprint density at radius 1 is 1.04 bits per heavy atom. The first kappa shape index (κ1) is 14.8. The Balaban J connectivity index is 1.31. The van der Waals surface area contributed by atoms with Crippen molar-refractivity contribution in [1.82, 2.24) is 20.0 Å². The summed E-state index contributed by atoms with van der Waals surface area (Å²) in [7, 11) is 0. The molecule has 0 radical (unpaired) electrons. The maximum Gasteiger partial charge on any atom is 0.167 e. The van der Waals surface area contributed by atoms with Crippen molar-refractivity contribution in [2.24, 2.45) is 0 Å². The number of hydrogen-bond acceptors (Lipinski definition) is 7. The Morgan fingerprint density at radius 2 is 1.92 bits per heavy atom. The van der Waals surface area contributed by atoms with Gasteiger partial charge in [0.15, 0.2) is 5.58 Å². The van der Waals surface area contributed by atoms with Crippen molar-refractivity contribution >= 4 is 38.3 Å². The number of anilines is 1. The summed E-state index contributed by atoms with van der Waals surface area (Å²) in [6, 6.07) is 10.1. The molecule has 0 atom stereocenters. The van der Waals surface area contributed by atoms with Crippen molar-refractivity contribution in [2.45, 2.75) is 6.54 Å². The van der Waals surface area contributed by atoms with E-state index < -0.39 is 0 Å². The molecule has 4 heterocycles. The second kappa shape index (κ2) is 6.09. The van der Waals surface area contributed by atoms with Crippen LogP contribution in [0.4, 0.5) is 5.82 Å². The Kier molecular flexibility index (Phi) is 3.61. The van der Waals surface area contributed by atoms with Gasteiger partial charge in [0, 0.05) is 38.1 Å². The molecule has 7 heteroatoms. The van der Waals surface area contributed by atoms with Crippen LogP contribution in [0.5, 0.6) is 0 Å². The highest BCUT2D eigenvalue weighted by atomic mass is 32.1. The van der Waals surface area contributed by atoms with Gasteiger partial charge in [0.05, 0.1) is 10.2 Å². The van der Waals surface area contributed by atoms with Gasteiger partial charge in [-0.2, -0.15) is 0 Å². The van der Waals surface area contributed by atoms with Crippen LogP contribution in [0.1, 0.15) is 5.69 Å². The van der Waals surface area contributed by atoms with Gasteiger partial charge in [0.25, 0.3) is 0 Å². The van der Waals surface area contributed by atoms with Gasteiger partial charge in [-0.1, -0.05) is 17.3 Å². The van der Waals surface area contributed by atoms with Gasteiger partial charge in [-0.3, -0.25) is 4.90 Å². The summed E-state index contributed by atoms with van der Waals surface area (Å²) < 4.78 is 6.60. The molecular weight excluding hydrogens is 334 g/mol. The van der Waals surface area contributed by atoms with Crippen molar-refractivity contribution in [1.29, 1.82) is 0 Å². The first-order valence-corrected chi connectivity index (χ1v) is 9.25. The molecule has 1 aliphatic rings. The highest BCUT2D eigenvalue weighted by Crippen LogP contribution is 2.28. The normalized spacial score (nSPS) is 16.1. The maximum atomic E-state index is 5.42. The molecule has 1 fully saturated rings. The Hall–Kier alpha value is -2.51. The molecule has 25 heavy (non-hydrogen) atoms. The monoisotopic (exact) mass is 351 g/mol. The van der Waals surface area contributed by atoms with Crippen molar-refractivity contribution in [3.05, 3.63) is 47.7 Å². The van der Waals surface area contributed by atoms with Gasteiger partial charge in [0.2, 0.25) is 0 Å². The number of benzene rings is 1. The topological polar surface area (TPSA) is 58.3 Å². The van der Waals surface area contributed by atoms with E-state index in [2.05, 4.69) is 42.4 Å². The third kappa shape index (κ3) is 2.65. The fraction of sp³-hybridized carbons (Fsp3) is 0.278. The molecule has 1 aromatic carbocycles. The minimum atomic E-state index is 0.822. The third-order valence-electron chi connectivity index (χ3n) is 4.72. The van der Waals surface area contributed by atoms with Gasteiger partial charge in [-0.25, -0.2) is 9.97 Å². The lowest BCUT2D eigenvalue weighted by Gasteiger charge is -2.35. The van der Waals surface area contributed by atoms with Crippen LogP contribution >= 0.6 is 11.3 Å². The number of hydrogen-bond donors (Lipinski definition) is 0. The van der Waals surface area contributed by atoms with Crippen LogP contribution in [0.2, 0.25) is 0 Å². The van der Waals surface area contributed by atoms with E-state index in [9.17, 15) is 0 Å². The molecule has 0 bridgehead atoms. The Morgan fingerprint density at radius 3 is 2.84 bits per heavy atom. The molecule has 6 nitrogen and oxygen atoms in total. The minimum Gasteiger partial charge on any atom is -0.356 e. The molecule has 3 aromatic heterocycles. The quantitative estimate of drug-likeness (QED) is 0.565. The summed E-state index contributed by atoms with van der Waals surface area (Å²) in [6.45, 7) is 4.71. The predicted octanol–water partition coefficient (Wildman–Crippen LogP) is 3.15. The molecule has 0 aliphatic carbocycles. The first-order valence-electron chi connectivity index (χ1n) is 8.37. The van der Waals surface area contributed by atoms with E-state index >= 15 is 0 Å². The fourth-order valence-corrected chi connectivity index (χ4v) is 4.24. The average molecular weight is 351 g/mol. The van der Waals surface area contributed by atoms with Gasteiger partial charge < -0.3 is 9.42 Å². The molecular formula is C18H17N5OS. The molecule has 0 amide bonds. The second-order valence-electron chi connectivity index (χ2n) is 6.22. The SMILES string of the molecule is c1ccc2c(CN3CCN(c4ncnc5ccsc45)CC3)noc2c1. The number of aromatic nitrogens is 3. The van der Waals surface area contributed by atoms with Crippen molar-refractivity contribution in [3.8, 4) is 0 Å². The lowest BCUT2D eigenvalue weighted by Crippen LogP contribution is -2.46. The highest BCUT2D eigenvalue weighted by Gasteiger charge is 2.22. The second-order valence-corrected chi connectivity index (χ2v) is 7.14. The van der Waals surface area contributed by atoms with Crippen LogP contribution in [0.15, 0.2) is 46.6 Å². The van der Waals surface area contributed by atoms with Crippen LogP contribution in [0.25, 0.3) is 21.2 Å². The van der Waals surface area contributed by atoms with Crippen molar-refractivity contribution in [3.63, 3.8) is 0 Å². The zero-order chi connectivity index (χ0) is 16.6. The number of rotatable bonds is 3. The van der Waals surface area contributed by atoms with Crippen LogP contribution in [0.3, 0.4) is 0 Å². The van der Waals surface area contributed by atoms with Gasteiger partial charge in [0.1, 0.15) is 17.8 Å². The fourth-order valence-electron chi connectivity index (χ4n) is 3.38. The number of thiophene rings is 1. The zero-order valence-electron chi connectivity index (χ0n) is 13.6. The lowest BCUT2D eigenvalue weighted by molar-refractivity contribution is 0.243. The van der Waals surface area contributed by atoms with Crippen molar-refractivity contribution in [2.75, 3.05) is 31.1 Å². The maximum absolute atomic E-state index is 5.42. The van der Waals surface area contributed by atoms with Crippen LogP contribution in [0, 0.1) is 0 Å². The largest absolute Gasteiger partial charge is 0.356 e. The molecule has 126 valence electrons. The van der Waals surface area contributed by atoms with Gasteiger partial charge in [-0.05, 0) is 23.6 Å². The average Bonchev–Trinajstić information content (AvgIpc) is 3.29.